The summed E-state index contributed by atoms with van der Waals surface area (Å²) < 4.78 is 54.4. The van der Waals surface area contributed by atoms with Gasteiger partial charge in [-0.05, 0) is 61.4 Å². The molecule has 0 aliphatic carbocycles. The number of thiophene rings is 1. The summed E-state index contributed by atoms with van der Waals surface area (Å²) in [5, 5.41) is 4.58. The average molecular weight is 512 g/mol. The molecule has 2 aliphatic heterocycles. The number of nitrogens with zero attached hydrogens (tertiary/aromatic N) is 2. The maximum Gasteiger partial charge on any atom is 0.252 e. The predicted molar refractivity (Wildman–Crippen MR) is 128 cm³/mol. The molecule has 2 aliphatic rings. The van der Waals surface area contributed by atoms with Gasteiger partial charge in [0.15, 0.2) is 0 Å². The van der Waals surface area contributed by atoms with Crippen molar-refractivity contribution in [2.24, 2.45) is 5.92 Å². The van der Waals surface area contributed by atoms with Crippen molar-refractivity contribution in [3.63, 3.8) is 0 Å². The minimum Gasteiger partial charge on any atom is -0.326 e. The van der Waals surface area contributed by atoms with E-state index in [0.29, 0.717) is 48.9 Å². The number of nitrogens with one attached hydrogen (secondary N) is 1. The molecule has 8 nitrogen and oxygen atoms in total. The van der Waals surface area contributed by atoms with E-state index in [9.17, 15) is 21.6 Å². The number of sulfonamides is 2. The maximum atomic E-state index is 12.9. The van der Waals surface area contributed by atoms with Crippen LogP contribution < -0.4 is 5.32 Å². The van der Waals surface area contributed by atoms with E-state index < -0.39 is 20.0 Å². The number of carbonyl (C=O) groups excluding carboxylic acids is 1. The van der Waals surface area contributed by atoms with Crippen molar-refractivity contribution in [1.82, 2.24) is 8.61 Å². The van der Waals surface area contributed by atoms with Crippen molar-refractivity contribution in [3.05, 3.63) is 41.8 Å². The topological polar surface area (TPSA) is 104 Å². The molecule has 4 rings (SSSR count). The predicted octanol–water partition coefficient (Wildman–Crippen LogP) is 3.35. The molecule has 1 amide bonds. The number of amides is 1. The zero-order valence-corrected chi connectivity index (χ0v) is 20.8. The summed E-state index contributed by atoms with van der Waals surface area (Å²) in [5.74, 6) is -0.466. The highest BCUT2D eigenvalue weighted by molar-refractivity contribution is 7.91. The smallest absolute Gasteiger partial charge is 0.252 e. The molecule has 0 bridgehead atoms. The molecule has 0 saturated carbocycles. The molecule has 1 aromatic heterocycles. The lowest BCUT2D eigenvalue weighted by atomic mass is 9.97. The van der Waals surface area contributed by atoms with Crippen LogP contribution in [0.2, 0.25) is 0 Å². The average Bonchev–Trinajstić information content (AvgIpc) is 3.23. The Morgan fingerprint density at radius 1 is 0.818 bits per heavy atom. The van der Waals surface area contributed by atoms with E-state index in [1.54, 1.807) is 34.0 Å². The first-order valence-corrected chi connectivity index (χ1v) is 15.0. The van der Waals surface area contributed by atoms with E-state index in [-0.39, 0.29) is 16.7 Å². The molecule has 0 radical (unpaired) electrons. The van der Waals surface area contributed by atoms with Gasteiger partial charge < -0.3 is 5.32 Å². The number of hydrogen-bond donors (Lipinski definition) is 1. The van der Waals surface area contributed by atoms with E-state index in [1.807, 2.05) is 0 Å². The lowest BCUT2D eigenvalue weighted by molar-refractivity contribution is -0.120. The molecule has 2 saturated heterocycles. The fourth-order valence-electron chi connectivity index (χ4n) is 4.28. The number of carbonyl (C=O) groups is 1. The summed E-state index contributed by atoms with van der Waals surface area (Å²) in [4.78, 5) is 12.9. The van der Waals surface area contributed by atoms with Crippen LogP contribution in [-0.2, 0) is 24.8 Å². The number of anilines is 1. The fourth-order valence-corrected chi connectivity index (χ4v) is 8.41. The lowest BCUT2D eigenvalue weighted by Crippen LogP contribution is -2.41. The summed E-state index contributed by atoms with van der Waals surface area (Å²) in [7, 11) is -7.03. The largest absolute Gasteiger partial charge is 0.326 e. The quantitative estimate of drug-likeness (QED) is 0.641. The standard InChI is InChI=1S/C22H29N3O5S3/c26-22(18-11-15-25(16-12-18)33(29,30)21-6-5-17-31-21)23-19-7-9-20(10-8-19)32(27,28)24-13-3-1-2-4-14-24/h5-10,17-18H,1-4,11-16H2,(H,23,26). The first-order chi connectivity index (χ1) is 15.8. The monoisotopic (exact) mass is 511 g/mol. The van der Waals surface area contributed by atoms with Crippen LogP contribution in [-0.4, -0.2) is 57.5 Å². The van der Waals surface area contributed by atoms with E-state index >= 15 is 0 Å². The molecule has 2 aromatic rings. The third kappa shape index (κ3) is 5.48. The molecule has 0 spiro atoms. The molecular formula is C22H29N3O5S3. The normalized spacial score (nSPS) is 19.8. The Hall–Kier alpha value is -1.79. The number of rotatable bonds is 6. The molecule has 2 fully saturated rings. The number of benzene rings is 1. The van der Waals surface area contributed by atoms with Gasteiger partial charge in [-0.15, -0.1) is 11.3 Å². The first-order valence-electron chi connectivity index (χ1n) is 11.2. The van der Waals surface area contributed by atoms with Gasteiger partial charge in [0, 0.05) is 37.8 Å². The molecule has 0 atom stereocenters. The van der Waals surface area contributed by atoms with Crippen LogP contribution >= 0.6 is 11.3 Å². The second-order valence-electron chi connectivity index (χ2n) is 8.44. The van der Waals surface area contributed by atoms with Gasteiger partial charge in [0.25, 0.3) is 10.0 Å². The van der Waals surface area contributed by atoms with Gasteiger partial charge in [0.2, 0.25) is 15.9 Å². The highest BCUT2D eigenvalue weighted by Crippen LogP contribution is 2.27. The fraction of sp³-hybridized carbons (Fsp3) is 0.500. The van der Waals surface area contributed by atoms with Crippen molar-refractivity contribution >= 4 is 43.0 Å². The maximum absolute atomic E-state index is 12.9. The van der Waals surface area contributed by atoms with E-state index in [0.717, 1.165) is 25.7 Å². The van der Waals surface area contributed by atoms with Crippen molar-refractivity contribution < 1.29 is 21.6 Å². The van der Waals surface area contributed by atoms with E-state index in [1.165, 1.54) is 27.8 Å². The summed E-state index contributed by atoms with van der Waals surface area (Å²) >= 11 is 1.19. The van der Waals surface area contributed by atoms with Gasteiger partial charge in [0.1, 0.15) is 4.21 Å². The second kappa shape index (κ2) is 10.2. The molecule has 1 N–H and O–H groups in total. The van der Waals surface area contributed by atoms with Crippen LogP contribution in [0.25, 0.3) is 0 Å². The Bertz CT molecular complexity index is 1150. The van der Waals surface area contributed by atoms with Crippen molar-refractivity contribution in [2.75, 3.05) is 31.5 Å². The highest BCUT2D eigenvalue weighted by Gasteiger charge is 2.32. The number of hydrogen-bond acceptors (Lipinski definition) is 6. The van der Waals surface area contributed by atoms with Gasteiger partial charge in [-0.3, -0.25) is 4.79 Å². The summed E-state index contributed by atoms with van der Waals surface area (Å²) in [6.07, 6.45) is 4.74. The minimum atomic E-state index is -3.53. The Labute approximate surface area is 199 Å². The van der Waals surface area contributed by atoms with Crippen LogP contribution in [0.1, 0.15) is 38.5 Å². The SMILES string of the molecule is O=C(Nc1ccc(S(=O)(=O)N2CCCCCC2)cc1)C1CCN(S(=O)(=O)c2cccs2)CC1. The first kappa shape index (κ1) is 24.3. The van der Waals surface area contributed by atoms with Crippen LogP contribution in [0.5, 0.6) is 0 Å². The van der Waals surface area contributed by atoms with Crippen LogP contribution in [0.15, 0.2) is 50.9 Å². The van der Waals surface area contributed by atoms with Gasteiger partial charge in [-0.1, -0.05) is 18.9 Å². The molecule has 1 aromatic carbocycles. The van der Waals surface area contributed by atoms with Gasteiger partial charge >= 0.3 is 0 Å². The zero-order valence-electron chi connectivity index (χ0n) is 18.4. The second-order valence-corrected chi connectivity index (χ2v) is 13.5. The minimum absolute atomic E-state index is 0.175. The summed E-state index contributed by atoms with van der Waals surface area (Å²) in [6, 6.07) is 9.59. The number of piperidine rings is 1. The Kier molecular flexibility index (Phi) is 7.54. The summed E-state index contributed by atoms with van der Waals surface area (Å²) in [5.41, 5.74) is 0.531. The van der Waals surface area contributed by atoms with Gasteiger partial charge in [0.05, 0.1) is 4.90 Å². The van der Waals surface area contributed by atoms with E-state index in [4.69, 9.17) is 0 Å². The van der Waals surface area contributed by atoms with Crippen molar-refractivity contribution in [3.8, 4) is 0 Å². The Morgan fingerprint density at radius 3 is 2.00 bits per heavy atom. The zero-order chi connectivity index (χ0) is 23.5. The Morgan fingerprint density at radius 2 is 1.42 bits per heavy atom. The van der Waals surface area contributed by atoms with Gasteiger partial charge in [-0.2, -0.15) is 8.61 Å². The molecule has 3 heterocycles. The van der Waals surface area contributed by atoms with Crippen LogP contribution in [0, 0.1) is 5.92 Å². The van der Waals surface area contributed by atoms with Crippen molar-refractivity contribution in [1.29, 1.82) is 0 Å². The van der Waals surface area contributed by atoms with E-state index in [2.05, 4.69) is 5.32 Å². The molecule has 0 unspecified atom stereocenters. The molecular weight excluding hydrogens is 482 g/mol. The molecule has 33 heavy (non-hydrogen) atoms. The lowest BCUT2D eigenvalue weighted by Gasteiger charge is -2.30. The highest BCUT2D eigenvalue weighted by atomic mass is 32.2. The molecule has 11 heteroatoms. The molecule has 180 valence electrons. The van der Waals surface area contributed by atoms with Crippen molar-refractivity contribution in [2.45, 2.75) is 47.6 Å². The van der Waals surface area contributed by atoms with Crippen LogP contribution in [0.3, 0.4) is 0 Å². The third-order valence-electron chi connectivity index (χ3n) is 6.24. The Balaban J connectivity index is 1.34. The van der Waals surface area contributed by atoms with Gasteiger partial charge in [-0.25, -0.2) is 16.8 Å². The summed E-state index contributed by atoms with van der Waals surface area (Å²) in [6.45, 7) is 1.68. The van der Waals surface area contributed by atoms with Crippen LogP contribution in [0.4, 0.5) is 5.69 Å². The third-order valence-corrected chi connectivity index (χ3v) is 11.4.